The van der Waals surface area contributed by atoms with E-state index in [0.717, 1.165) is 31.3 Å². The van der Waals surface area contributed by atoms with Crippen molar-refractivity contribution in [1.29, 1.82) is 0 Å². The van der Waals surface area contributed by atoms with Crippen molar-refractivity contribution in [2.75, 3.05) is 43.5 Å². The smallest absolute Gasteiger partial charge is 0.134 e. The molecule has 2 N–H and O–H groups in total. The summed E-state index contributed by atoms with van der Waals surface area (Å²) >= 11 is 0. The predicted octanol–water partition coefficient (Wildman–Crippen LogP) is 0.718. The second kappa shape index (κ2) is 5.31. The van der Waals surface area contributed by atoms with E-state index < -0.39 is 0 Å². The quantitative estimate of drug-likeness (QED) is 0.836. The molecular formula is C12H21N5. The Morgan fingerprint density at radius 2 is 2.29 bits per heavy atom. The molecule has 17 heavy (non-hydrogen) atoms. The van der Waals surface area contributed by atoms with Crippen LogP contribution in [0.5, 0.6) is 0 Å². The third-order valence-corrected chi connectivity index (χ3v) is 3.27. The average molecular weight is 235 g/mol. The van der Waals surface area contributed by atoms with Gasteiger partial charge in [0.2, 0.25) is 0 Å². The lowest BCUT2D eigenvalue weighted by Gasteiger charge is -2.33. The molecular weight excluding hydrogens is 214 g/mol. The van der Waals surface area contributed by atoms with Crippen molar-refractivity contribution in [3.63, 3.8) is 0 Å². The molecule has 1 fully saturated rings. The van der Waals surface area contributed by atoms with E-state index in [2.05, 4.69) is 14.9 Å². The third kappa shape index (κ3) is 2.85. The number of rotatable bonds is 3. The van der Waals surface area contributed by atoms with Gasteiger partial charge in [0, 0.05) is 33.3 Å². The molecule has 0 aliphatic carbocycles. The molecule has 94 valence electrons. The molecule has 1 atom stereocenters. The highest BCUT2D eigenvalue weighted by Gasteiger charge is 2.20. The van der Waals surface area contributed by atoms with Crippen LogP contribution in [0.1, 0.15) is 12.8 Å². The predicted molar refractivity (Wildman–Crippen MR) is 70.4 cm³/mol. The minimum absolute atomic E-state index is 0.599. The molecule has 2 rings (SSSR count). The number of hydrogen-bond donors (Lipinski definition) is 1. The van der Waals surface area contributed by atoms with Gasteiger partial charge in [-0.05, 0) is 25.3 Å². The highest BCUT2D eigenvalue weighted by atomic mass is 15.2. The van der Waals surface area contributed by atoms with Crippen molar-refractivity contribution >= 4 is 11.6 Å². The van der Waals surface area contributed by atoms with Gasteiger partial charge in [0.15, 0.2) is 0 Å². The maximum absolute atomic E-state index is 5.75. The zero-order chi connectivity index (χ0) is 12.3. The highest BCUT2D eigenvalue weighted by molar-refractivity contribution is 5.49. The van der Waals surface area contributed by atoms with Crippen molar-refractivity contribution < 1.29 is 0 Å². The van der Waals surface area contributed by atoms with Crippen molar-refractivity contribution in [3.05, 3.63) is 12.4 Å². The molecule has 0 saturated carbocycles. The largest absolute Gasteiger partial charge is 0.363 e. The van der Waals surface area contributed by atoms with Crippen LogP contribution in [0.4, 0.5) is 11.6 Å². The number of anilines is 2. The molecule has 5 heteroatoms. The highest BCUT2D eigenvalue weighted by Crippen LogP contribution is 2.22. The maximum Gasteiger partial charge on any atom is 0.134 e. The Labute approximate surface area is 103 Å². The van der Waals surface area contributed by atoms with Gasteiger partial charge in [0.1, 0.15) is 18.0 Å². The van der Waals surface area contributed by atoms with Gasteiger partial charge >= 0.3 is 0 Å². The zero-order valence-corrected chi connectivity index (χ0v) is 10.6. The molecule has 1 aromatic rings. The summed E-state index contributed by atoms with van der Waals surface area (Å²) in [7, 11) is 3.98. The van der Waals surface area contributed by atoms with Crippen molar-refractivity contribution in [1.82, 2.24) is 9.97 Å². The van der Waals surface area contributed by atoms with Gasteiger partial charge in [-0.3, -0.25) is 0 Å². The lowest BCUT2D eigenvalue weighted by atomic mass is 9.98. The monoisotopic (exact) mass is 235 g/mol. The van der Waals surface area contributed by atoms with Gasteiger partial charge in [-0.15, -0.1) is 0 Å². The van der Waals surface area contributed by atoms with E-state index in [-0.39, 0.29) is 0 Å². The van der Waals surface area contributed by atoms with E-state index >= 15 is 0 Å². The molecule has 0 aromatic carbocycles. The summed E-state index contributed by atoms with van der Waals surface area (Å²) < 4.78 is 0. The minimum Gasteiger partial charge on any atom is -0.363 e. The Morgan fingerprint density at radius 3 is 3.00 bits per heavy atom. The lowest BCUT2D eigenvalue weighted by molar-refractivity contribution is 0.421. The summed E-state index contributed by atoms with van der Waals surface area (Å²) in [4.78, 5) is 12.9. The number of aromatic nitrogens is 2. The van der Waals surface area contributed by atoms with Crippen LogP contribution in [-0.4, -0.2) is 43.7 Å². The van der Waals surface area contributed by atoms with Crippen LogP contribution in [0.25, 0.3) is 0 Å². The van der Waals surface area contributed by atoms with Crippen LogP contribution in [-0.2, 0) is 0 Å². The van der Waals surface area contributed by atoms with Gasteiger partial charge in [-0.25, -0.2) is 9.97 Å². The molecule has 1 aliphatic rings. The standard InChI is InChI=1S/C12H21N5/c1-16(2)11-6-12(15-9-14-11)17-5-3-4-10(7-13)8-17/h6,9-10H,3-5,7-8,13H2,1-2H3. The third-order valence-electron chi connectivity index (χ3n) is 3.27. The van der Waals surface area contributed by atoms with E-state index in [9.17, 15) is 0 Å². The summed E-state index contributed by atoms with van der Waals surface area (Å²) in [6.45, 7) is 2.85. The fourth-order valence-electron chi connectivity index (χ4n) is 2.22. The lowest BCUT2D eigenvalue weighted by Crippen LogP contribution is -2.38. The second-order valence-corrected chi connectivity index (χ2v) is 4.82. The SMILES string of the molecule is CN(C)c1cc(N2CCCC(CN)C2)ncn1. The van der Waals surface area contributed by atoms with E-state index in [1.54, 1.807) is 6.33 Å². The van der Waals surface area contributed by atoms with Gasteiger partial charge in [0.05, 0.1) is 0 Å². The van der Waals surface area contributed by atoms with E-state index in [4.69, 9.17) is 5.73 Å². The second-order valence-electron chi connectivity index (χ2n) is 4.82. The van der Waals surface area contributed by atoms with Crippen LogP contribution in [0, 0.1) is 5.92 Å². The molecule has 2 heterocycles. The average Bonchev–Trinajstić information content (AvgIpc) is 2.39. The molecule has 1 aliphatic heterocycles. The van der Waals surface area contributed by atoms with E-state index in [1.165, 1.54) is 12.8 Å². The Kier molecular flexibility index (Phi) is 3.78. The first-order valence-electron chi connectivity index (χ1n) is 6.15. The minimum atomic E-state index is 0.599. The van der Waals surface area contributed by atoms with E-state index in [0.29, 0.717) is 5.92 Å². The van der Waals surface area contributed by atoms with Crippen LogP contribution >= 0.6 is 0 Å². The summed E-state index contributed by atoms with van der Waals surface area (Å²) in [5.74, 6) is 2.56. The first kappa shape index (κ1) is 12.1. The number of nitrogens with zero attached hydrogens (tertiary/aromatic N) is 4. The summed E-state index contributed by atoms with van der Waals surface area (Å²) in [6.07, 6.45) is 4.07. The molecule has 0 spiro atoms. The number of nitrogens with two attached hydrogens (primary N) is 1. The molecule has 0 amide bonds. The summed E-state index contributed by atoms with van der Waals surface area (Å²) in [6, 6.07) is 2.04. The fourth-order valence-corrected chi connectivity index (χ4v) is 2.22. The zero-order valence-electron chi connectivity index (χ0n) is 10.6. The Bertz CT molecular complexity index is 366. The first-order chi connectivity index (χ1) is 8.20. The van der Waals surface area contributed by atoms with Crippen LogP contribution < -0.4 is 15.5 Å². The van der Waals surface area contributed by atoms with E-state index in [1.807, 2.05) is 25.1 Å². The molecule has 5 nitrogen and oxygen atoms in total. The normalized spacial score (nSPS) is 20.4. The summed E-state index contributed by atoms with van der Waals surface area (Å²) in [5.41, 5.74) is 5.75. The van der Waals surface area contributed by atoms with Crippen LogP contribution in [0.3, 0.4) is 0 Å². The molecule has 0 radical (unpaired) electrons. The Balaban J connectivity index is 2.13. The molecule has 1 saturated heterocycles. The van der Waals surface area contributed by atoms with Crippen LogP contribution in [0.15, 0.2) is 12.4 Å². The molecule has 1 aromatic heterocycles. The molecule has 1 unspecified atom stereocenters. The first-order valence-corrected chi connectivity index (χ1v) is 6.15. The van der Waals surface area contributed by atoms with Crippen molar-refractivity contribution in [3.8, 4) is 0 Å². The summed E-state index contributed by atoms with van der Waals surface area (Å²) in [5, 5.41) is 0. The number of piperidine rings is 1. The van der Waals surface area contributed by atoms with Crippen LogP contribution in [0.2, 0.25) is 0 Å². The number of hydrogen-bond acceptors (Lipinski definition) is 5. The van der Waals surface area contributed by atoms with Crippen molar-refractivity contribution in [2.45, 2.75) is 12.8 Å². The Morgan fingerprint density at radius 1 is 1.47 bits per heavy atom. The fraction of sp³-hybridized carbons (Fsp3) is 0.667. The van der Waals surface area contributed by atoms with Gasteiger partial charge < -0.3 is 15.5 Å². The Hall–Kier alpha value is -1.36. The maximum atomic E-state index is 5.75. The van der Waals surface area contributed by atoms with Gasteiger partial charge in [0.25, 0.3) is 0 Å². The molecule has 0 bridgehead atoms. The topological polar surface area (TPSA) is 58.3 Å². The van der Waals surface area contributed by atoms with Gasteiger partial charge in [-0.1, -0.05) is 0 Å². The van der Waals surface area contributed by atoms with Gasteiger partial charge in [-0.2, -0.15) is 0 Å². The van der Waals surface area contributed by atoms with Crippen molar-refractivity contribution in [2.24, 2.45) is 11.7 Å².